The monoisotopic (exact) mass is 303 g/mol. The van der Waals surface area contributed by atoms with E-state index in [0.717, 1.165) is 15.7 Å². The van der Waals surface area contributed by atoms with Crippen molar-refractivity contribution in [3.8, 4) is 0 Å². The molecule has 1 rings (SSSR count). The fourth-order valence-electron chi connectivity index (χ4n) is 1.11. The Labute approximate surface area is 107 Å². The summed E-state index contributed by atoms with van der Waals surface area (Å²) in [5.74, 6) is -0.937. The maximum Gasteiger partial charge on any atom is 0.328 e. The average Bonchev–Trinajstić information content (AvgIpc) is 2.19. The third kappa shape index (κ3) is 4.24. The first-order chi connectivity index (χ1) is 7.49. The molecule has 0 heterocycles. The van der Waals surface area contributed by atoms with Gasteiger partial charge in [-0.2, -0.15) is 0 Å². The Hall–Kier alpha value is -1.000. The van der Waals surface area contributed by atoms with E-state index in [-0.39, 0.29) is 0 Å². The van der Waals surface area contributed by atoms with Crippen molar-refractivity contribution in [2.45, 2.75) is 6.92 Å². The molecule has 86 valence electrons. The van der Waals surface area contributed by atoms with Crippen molar-refractivity contribution in [2.24, 2.45) is 0 Å². The van der Waals surface area contributed by atoms with Crippen LogP contribution < -0.4 is 5.32 Å². The standard InChI is InChI=1S/C11H11BrClNO2/c1-7(4-11(15)16)6-14-8-2-3-9(12)10(13)5-8/h2-5,14H,6H2,1H3,(H,15,16)/b7-4-. The van der Waals surface area contributed by atoms with Gasteiger partial charge in [0, 0.05) is 22.8 Å². The average molecular weight is 305 g/mol. The SMILES string of the molecule is C/C(=C/C(=O)O)CNc1ccc(Br)c(Cl)c1. The Morgan fingerprint density at radius 1 is 1.62 bits per heavy atom. The van der Waals surface area contributed by atoms with Gasteiger partial charge in [0.25, 0.3) is 0 Å². The van der Waals surface area contributed by atoms with Gasteiger partial charge in [-0.15, -0.1) is 0 Å². The molecule has 0 atom stereocenters. The van der Waals surface area contributed by atoms with Crippen molar-refractivity contribution in [3.05, 3.63) is 39.3 Å². The number of carboxylic acids is 1. The summed E-state index contributed by atoms with van der Waals surface area (Å²) in [6, 6.07) is 5.48. The maximum atomic E-state index is 10.4. The summed E-state index contributed by atoms with van der Waals surface area (Å²) >= 11 is 9.21. The topological polar surface area (TPSA) is 49.3 Å². The predicted molar refractivity (Wildman–Crippen MR) is 69.0 cm³/mol. The zero-order valence-electron chi connectivity index (χ0n) is 8.63. The second kappa shape index (κ2) is 5.92. The third-order valence-electron chi connectivity index (χ3n) is 1.86. The summed E-state index contributed by atoms with van der Waals surface area (Å²) in [6.45, 7) is 2.23. The second-order valence-electron chi connectivity index (χ2n) is 3.31. The minimum atomic E-state index is -0.937. The van der Waals surface area contributed by atoms with Crippen LogP contribution in [0.4, 0.5) is 5.69 Å². The van der Waals surface area contributed by atoms with Crippen molar-refractivity contribution >= 4 is 39.2 Å². The molecule has 0 bridgehead atoms. The lowest BCUT2D eigenvalue weighted by Gasteiger charge is -2.07. The highest BCUT2D eigenvalue weighted by Gasteiger charge is 1.99. The largest absolute Gasteiger partial charge is 0.478 e. The summed E-state index contributed by atoms with van der Waals surface area (Å²) < 4.78 is 0.831. The number of carboxylic acid groups (broad SMARTS) is 1. The molecule has 3 nitrogen and oxygen atoms in total. The molecular weight excluding hydrogens is 293 g/mol. The van der Waals surface area contributed by atoms with Crippen LogP contribution >= 0.6 is 27.5 Å². The van der Waals surface area contributed by atoms with Gasteiger partial charge in [-0.3, -0.25) is 0 Å². The van der Waals surface area contributed by atoms with Crippen LogP contribution in [0.1, 0.15) is 6.92 Å². The zero-order valence-corrected chi connectivity index (χ0v) is 11.0. The van der Waals surface area contributed by atoms with E-state index in [1.165, 1.54) is 6.08 Å². The number of hydrogen-bond acceptors (Lipinski definition) is 2. The van der Waals surface area contributed by atoms with Gasteiger partial charge in [0.2, 0.25) is 0 Å². The summed E-state index contributed by atoms with van der Waals surface area (Å²) in [6.07, 6.45) is 1.17. The van der Waals surface area contributed by atoms with Crippen LogP contribution in [0.15, 0.2) is 34.3 Å². The van der Waals surface area contributed by atoms with Crippen LogP contribution in [-0.2, 0) is 4.79 Å². The molecule has 1 aromatic rings. The van der Waals surface area contributed by atoms with Crippen LogP contribution in [-0.4, -0.2) is 17.6 Å². The van der Waals surface area contributed by atoms with Crippen LogP contribution in [0, 0.1) is 0 Å². The smallest absolute Gasteiger partial charge is 0.328 e. The third-order valence-corrected chi connectivity index (χ3v) is 3.09. The number of nitrogens with one attached hydrogen (secondary N) is 1. The van der Waals surface area contributed by atoms with Gasteiger partial charge in [-0.05, 0) is 46.6 Å². The molecule has 0 amide bonds. The van der Waals surface area contributed by atoms with Gasteiger partial charge in [0.05, 0.1) is 5.02 Å². The maximum absolute atomic E-state index is 10.4. The van der Waals surface area contributed by atoms with Crippen molar-refractivity contribution in [1.82, 2.24) is 0 Å². The van der Waals surface area contributed by atoms with Crippen molar-refractivity contribution in [3.63, 3.8) is 0 Å². The van der Waals surface area contributed by atoms with Gasteiger partial charge in [-0.25, -0.2) is 4.79 Å². The second-order valence-corrected chi connectivity index (χ2v) is 4.57. The number of aliphatic carboxylic acids is 1. The molecule has 0 radical (unpaired) electrons. The quantitative estimate of drug-likeness (QED) is 0.836. The molecule has 0 unspecified atom stereocenters. The molecule has 5 heteroatoms. The zero-order chi connectivity index (χ0) is 12.1. The molecule has 0 saturated carbocycles. The molecule has 0 fully saturated rings. The number of rotatable bonds is 4. The predicted octanol–water partition coefficient (Wildman–Crippen LogP) is 3.55. The summed E-state index contributed by atoms with van der Waals surface area (Å²) in [5.41, 5.74) is 1.60. The fraction of sp³-hybridized carbons (Fsp3) is 0.182. The van der Waals surface area contributed by atoms with E-state index < -0.39 is 5.97 Å². The Kier molecular flexibility index (Phi) is 4.83. The van der Waals surface area contributed by atoms with Crippen LogP contribution in [0.25, 0.3) is 0 Å². The van der Waals surface area contributed by atoms with E-state index in [0.29, 0.717) is 11.6 Å². The molecule has 0 aliphatic heterocycles. The van der Waals surface area contributed by atoms with Gasteiger partial charge < -0.3 is 10.4 Å². The lowest BCUT2D eigenvalue weighted by molar-refractivity contribution is -0.131. The summed E-state index contributed by atoms with van der Waals surface area (Å²) in [4.78, 5) is 10.4. The van der Waals surface area contributed by atoms with Crippen molar-refractivity contribution < 1.29 is 9.90 Å². The molecule has 0 spiro atoms. The van der Waals surface area contributed by atoms with Gasteiger partial charge in [0.1, 0.15) is 0 Å². The van der Waals surface area contributed by atoms with E-state index in [2.05, 4.69) is 21.2 Å². The lowest BCUT2D eigenvalue weighted by Crippen LogP contribution is -2.04. The van der Waals surface area contributed by atoms with Crippen LogP contribution in [0.5, 0.6) is 0 Å². The Morgan fingerprint density at radius 2 is 2.31 bits per heavy atom. The number of benzene rings is 1. The first-order valence-corrected chi connectivity index (χ1v) is 5.75. The number of anilines is 1. The van der Waals surface area contributed by atoms with E-state index in [9.17, 15) is 4.79 Å². The molecule has 0 aromatic heterocycles. The van der Waals surface area contributed by atoms with Gasteiger partial charge in [-0.1, -0.05) is 11.6 Å². The normalized spacial score (nSPS) is 11.3. The van der Waals surface area contributed by atoms with Gasteiger partial charge >= 0.3 is 5.97 Å². The molecule has 16 heavy (non-hydrogen) atoms. The minimum absolute atomic E-state index is 0.476. The summed E-state index contributed by atoms with van der Waals surface area (Å²) in [7, 11) is 0. The Balaban J connectivity index is 2.61. The number of carbonyl (C=O) groups is 1. The molecule has 0 saturated heterocycles. The van der Waals surface area contributed by atoms with E-state index in [4.69, 9.17) is 16.7 Å². The van der Waals surface area contributed by atoms with Crippen LogP contribution in [0.3, 0.4) is 0 Å². The Bertz CT molecular complexity index is 432. The van der Waals surface area contributed by atoms with E-state index in [1.54, 1.807) is 13.0 Å². The van der Waals surface area contributed by atoms with E-state index >= 15 is 0 Å². The van der Waals surface area contributed by atoms with Gasteiger partial charge in [0.15, 0.2) is 0 Å². The number of halogens is 2. The first-order valence-electron chi connectivity index (χ1n) is 4.58. The summed E-state index contributed by atoms with van der Waals surface area (Å²) in [5, 5.41) is 12.2. The highest BCUT2D eigenvalue weighted by molar-refractivity contribution is 9.10. The first kappa shape index (κ1) is 13.1. The van der Waals surface area contributed by atoms with Crippen molar-refractivity contribution in [1.29, 1.82) is 0 Å². The lowest BCUT2D eigenvalue weighted by atomic mass is 10.2. The van der Waals surface area contributed by atoms with Crippen LogP contribution in [0.2, 0.25) is 5.02 Å². The Morgan fingerprint density at radius 3 is 2.88 bits per heavy atom. The highest BCUT2D eigenvalue weighted by atomic mass is 79.9. The molecule has 2 N–H and O–H groups in total. The molecule has 1 aromatic carbocycles. The van der Waals surface area contributed by atoms with E-state index in [1.807, 2.05) is 12.1 Å². The number of hydrogen-bond donors (Lipinski definition) is 2. The minimum Gasteiger partial charge on any atom is -0.478 e. The molecule has 0 aliphatic rings. The van der Waals surface area contributed by atoms with Crippen molar-refractivity contribution in [2.75, 3.05) is 11.9 Å². The molecule has 0 aliphatic carbocycles. The fourth-order valence-corrected chi connectivity index (χ4v) is 1.54. The molecular formula is C11H11BrClNO2. The highest BCUT2D eigenvalue weighted by Crippen LogP contribution is 2.25.